The first kappa shape index (κ1) is 6.40. The van der Waals surface area contributed by atoms with Gasteiger partial charge in [-0.2, -0.15) is 0 Å². The van der Waals surface area contributed by atoms with Gasteiger partial charge in [0.2, 0.25) is 0 Å². The molecule has 2 rings (SSSR count). The van der Waals surface area contributed by atoms with Gasteiger partial charge in [0.1, 0.15) is 6.67 Å². The molecule has 0 amide bonds. The van der Waals surface area contributed by atoms with E-state index in [0.717, 1.165) is 5.71 Å². The van der Waals surface area contributed by atoms with Crippen molar-refractivity contribution < 1.29 is 0 Å². The lowest BCUT2D eigenvalue weighted by Crippen LogP contribution is -2.12. The molecule has 0 saturated heterocycles. The molecular formula is C9H10N2. The molecule has 0 aliphatic carbocycles. The van der Waals surface area contributed by atoms with Crippen LogP contribution in [0.4, 0.5) is 5.69 Å². The highest BCUT2D eigenvalue weighted by molar-refractivity contribution is 6.04. The monoisotopic (exact) mass is 146 g/mol. The summed E-state index contributed by atoms with van der Waals surface area (Å²) in [5.41, 5.74) is 3.54. The van der Waals surface area contributed by atoms with E-state index >= 15 is 0 Å². The van der Waals surface area contributed by atoms with E-state index < -0.39 is 0 Å². The first-order valence-corrected chi connectivity index (χ1v) is 3.72. The van der Waals surface area contributed by atoms with Crippen LogP contribution in [0.5, 0.6) is 0 Å². The van der Waals surface area contributed by atoms with Gasteiger partial charge in [0, 0.05) is 17.0 Å². The van der Waals surface area contributed by atoms with Crippen LogP contribution in [0.3, 0.4) is 0 Å². The number of rotatable bonds is 0. The fraction of sp³-hybridized carbons (Fsp3) is 0.222. The van der Waals surface area contributed by atoms with Crippen molar-refractivity contribution >= 4 is 11.4 Å². The number of nitrogens with one attached hydrogen (secondary N) is 1. The number of hydrogen-bond donors (Lipinski definition) is 1. The predicted molar refractivity (Wildman–Crippen MR) is 47.1 cm³/mol. The number of nitrogens with zero attached hydrogens (tertiary/aromatic N) is 1. The van der Waals surface area contributed by atoms with Crippen LogP contribution in [-0.2, 0) is 0 Å². The summed E-state index contributed by atoms with van der Waals surface area (Å²) in [7, 11) is 0. The molecule has 0 saturated carbocycles. The fourth-order valence-electron chi connectivity index (χ4n) is 1.28. The average molecular weight is 146 g/mol. The average Bonchev–Trinajstić information content (AvgIpc) is 2.06. The lowest BCUT2D eigenvalue weighted by atomic mass is 10.1. The van der Waals surface area contributed by atoms with Crippen LogP contribution in [0.1, 0.15) is 12.5 Å². The van der Waals surface area contributed by atoms with Gasteiger partial charge in [-0.3, -0.25) is 4.99 Å². The Morgan fingerprint density at radius 3 is 3.00 bits per heavy atom. The Hall–Kier alpha value is -1.31. The van der Waals surface area contributed by atoms with Gasteiger partial charge < -0.3 is 5.32 Å². The number of fused-ring (bicyclic) bond motifs is 1. The Kier molecular flexibility index (Phi) is 1.39. The summed E-state index contributed by atoms with van der Waals surface area (Å²) < 4.78 is 0. The van der Waals surface area contributed by atoms with Crippen LogP contribution < -0.4 is 5.32 Å². The standard InChI is InChI=1S/C9H10N2/c1-7-8-4-2-3-5-9(8)11-6-10-7/h2-5,11H,6H2,1H3. The maximum atomic E-state index is 4.28. The molecule has 1 aliphatic rings. The van der Waals surface area contributed by atoms with E-state index in [1.165, 1.54) is 11.3 Å². The van der Waals surface area contributed by atoms with E-state index in [0.29, 0.717) is 6.67 Å². The largest absolute Gasteiger partial charge is 0.366 e. The second-order valence-electron chi connectivity index (χ2n) is 2.62. The Bertz CT molecular complexity index is 302. The van der Waals surface area contributed by atoms with E-state index in [9.17, 15) is 0 Å². The fourth-order valence-corrected chi connectivity index (χ4v) is 1.28. The van der Waals surface area contributed by atoms with Crippen LogP contribution in [-0.4, -0.2) is 12.4 Å². The molecular weight excluding hydrogens is 136 g/mol. The van der Waals surface area contributed by atoms with Gasteiger partial charge in [0.15, 0.2) is 0 Å². The van der Waals surface area contributed by atoms with E-state index in [1.54, 1.807) is 0 Å². The molecule has 56 valence electrons. The summed E-state index contributed by atoms with van der Waals surface area (Å²) >= 11 is 0. The normalized spacial score (nSPS) is 14.8. The minimum atomic E-state index is 0.711. The second kappa shape index (κ2) is 2.38. The van der Waals surface area contributed by atoms with Crippen molar-refractivity contribution in [2.45, 2.75) is 6.92 Å². The third-order valence-corrected chi connectivity index (χ3v) is 1.90. The molecule has 1 heterocycles. The van der Waals surface area contributed by atoms with Crippen molar-refractivity contribution in [3.05, 3.63) is 29.8 Å². The van der Waals surface area contributed by atoms with Crippen LogP contribution in [0.25, 0.3) is 0 Å². The zero-order chi connectivity index (χ0) is 7.68. The first-order chi connectivity index (χ1) is 5.38. The number of aliphatic imine (C=N–C) groups is 1. The van der Waals surface area contributed by atoms with Gasteiger partial charge in [-0.1, -0.05) is 18.2 Å². The predicted octanol–water partition coefficient (Wildman–Crippen LogP) is 1.88. The topological polar surface area (TPSA) is 24.4 Å². The smallest absolute Gasteiger partial charge is 0.108 e. The molecule has 1 aliphatic heterocycles. The zero-order valence-corrected chi connectivity index (χ0v) is 6.46. The number of hydrogen-bond acceptors (Lipinski definition) is 2. The summed E-state index contributed by atoms with van der Waals surface area (Å²) in [6, 6.07) is 8.23. The molecule has 11 heavy (non-hydrogen) atoms. The van der Waals surface area contributed by atoms with Gasteiger partial charge >= 0.3 is 0 Å². The summed E-state index contributed by atoms with van der Waals surface area (Å²) in [4.78, 5) is 4.28. The number of para-hydroxylation sites is 1. The molecule has 0 bridgehead atoms. The molecule has 2 nitrogen and oxygen atoms in total. The van der Waals surface area contributed by atoms with E-state index in [4.69, 9.17) is 0 Å². The molecule has 1 aromatic carbocycles. The molecule has 2 heteroatoms. The van der Waals surface area contributed by atoms with Gasteiger partial charge in [-0.05, 0) is 13.0 Å². The molecule has 1 aromatic rings. The first-order valence-electron chi connectivity index (χ1n) is 3.72. The van der Waals surface area contributed by atoms with E-state index in [1.807, 2.05) is 19.1 Å². The number of benzene rings is 1. The Morgan fingerprint density at radius 2 is 2.18 bits per heavy atom. The summed E-state index contributed by atoms with van der Waals surface area (Å²) in [5, 5.41) is 3.21. The van der Waals surface area contributed by atoms with Crippen LogP contribution >= 0.6 is 0 Å². The lowest BCUT2D eigenvalue weighted by Gasteiger charge is -2.15. The molecule has 0 spiro atoms. The highest BCUT2D eigenvalue weighted by Crippen LogP contribution is 2.18. The van der Waals surface area contributed by atoms with E-state index in [-0.39, 0.29) is 0 Å². The maximum Gasteiger partial charge on any atom is 0.108 e. The van der Waals surface area contributed by atoms with Crippen molar-refractivity contribution in [1.29, 1.82) is 0 Å². The quantitative estimate of drug-likeness (QED) is 0.593. The SMILES string of the molecule is CC1=NCNc2ccccc21. The minimum absolute atomic E-state index is 0.711. The molecule has 0 aromatic heterocycles. The highest BCUT2D eigenvalue weighted by atomic mass is 15.0. The molecule has 0 radical (unpaired) electrons. The highest BCUT2D eigenvalue weighted by Gasteiger charge is 2.06. The van der Waals surface area contributed by atoms with Crippen molar-refractivity contribution in [3.8, 4) is 0 Å². The Balaban J connectivity index is 2.56. The van der Waals surface area contributed by atoms with Gasteiger partial charge in [0.25, 0.3) is 0 Å². The van der Waals surface area contributed by atoms with Crippen molar-refractivity contribution in [1.82, 2.24) is 0 Å². The second-order valence-corrected chi connectivity index (χ2v) is 2.62. The van der Waals surface area contributed by atoms with Crippen molar-refractivity contribution in [2.24, 2.45) is 4.99 Å². The van der Waals surface area contributed by atoms with Gasteiger partial charge in [0.05, 0.1) is 0 Å². The zero-order valence-electron chi connectivity index (χ0n) is 6.46. The van der Waals surface area contributed by atoms with Crippen LogP contribution in [0.15, 0.2) is 29.3 Å². The molecule has 0 unspecified atom stereocenters. The summed E-state index contributed by atoms with van der Waals surface area (Å²) in [6.07, 6.45) is 0. The minimum Gasteiger partial charge on any atom is -0.366 e. The van der Waals surface area contributed by atoms with Crippen molar-refractivity contribution in [2.75, 3.05) is 12.0 Å². The molecule has 0 atom stereocenters. The summed E-state index contributed by atoms with van der Waals surface area (Å²) in [6.45, 7) is 2.75. The number of anilines is 1. The van der Waals surface area contributed by atoms with Crippen LogP contribution in [0, 0.1) is 0 Å². The summed E-state index contributed by atoms with van der Waals surface area (Å²) in [5.74, 6) is 0. The third kappa shape index (κ3) is 1.00. The van der Waals surface area contributed by atoms with Crippen LogP contribution in [0.2, 0.25) is 0 Å². The molecule has 1 N–H and O–H groups in total. The van der Waals surface area contributed by atoms with E-state index in [2.05, 4.69) is 22.4 Å². The maximum absolute atomic E-state index is 4.28. The van der Waals surface area contributed by atoms with Crippen molar-refractivity contribution in [3.63, 3.8) is 0 Å². The third-order valence-electron chi connectivity index (χ3n) is 1.90. The molecule has 0 fully saturated rings. The Labute approximate surface area is 66.0 Å². The van der Waals surface area contributed by atoms with Gasteiger partial charge in [-0.25, -0.2) is 0 Å². The Morgan fingerprint density at radius 1 is 1.36 bits per heavy atom. The van der Waals surface area contributed by atoms with Gasteiger partial charge in [-0.15, -0.1) is 0 Å². The lowest BCUT2D eigenvalue weighted by molar-refractivity contribution is 1.11.